The number of nitrogens with zero attached hydrogens (tertiary/aromatic N) is 5. The summed E-state index contributed by atoms with van der Waals surface area (Å²) in [7, 11) is 3.80. The van der Waals surface area contributed by atoms with Crippen LogP contribution < -0.4 is 15.5 Å². The highest BCUT2D eigenvalue weighted by atomic mass is 32.1. The molecule has 0 aromatic carbocycles. The van der Waals surface area contributed by atoms with E-state index in [1.54, 1.807) is 11.3 Å². The zero-order valence-corrected chi connectivity index (χ0v) is 13.0. The summed E-state index contributed by atoms with van der Waals surface area (Å²) >= 11 is 1.63. The molecule has 2 heterocycles. The number of thiazole rings is 1. The van der Waals surface area contributed by atoms with Gasteiger partial charge in [-0.15, -0.1) is 11.3 Å². The summed E-state index contributed by atoms with van der Waals surface area (Å²) < 4.78 is 0. The van der Waals surface area contributed by atoms with E-state index in [9.17, 15) is 0 Å². The Bertz CT molecular complexity index is 567. The van der Waals surface area contributed by atoms with Gasteiger partial charge in [0.15, 0.2) is 0 Å². The number of aromatic nitrogens is 4. The van der Waals surface area contributed by atoms with E-state index in [-0.39, 0.29) is 0 Å². The number of hydrogen-bond acceptors (Lipinski definition) is 8. The van der Waals surface area contributed by atoms with Gasteiger partial charge in [0.1, 0.15) is 0 Å². The third kappa shape index (κ3) is 3.77. The molecule has 2 N–H and O–H groups in total. The molecular formula is C12H19N7S. The summed E-state index contributed by atoms with van der Waals surface area (Å²) in [6, 6.07) is 0. The lowest BCUT2D eigenvalue weighted by Gasteiger charge is -2.13. The summed E-state index contributed by atoms with van der Waals surface area (Å²) in [5.41, 5.74) is 0.990. The molecule has 0 atom stereocenters. The monoisotopic (exact) mass is 293 g/mol. The molecule has 0 saturated heterocycles. The van der Waals surface area contributed by atoms with Crippen LogP contribution in [0.3, 0.4) is 0 Å². The highest BCUT2D eigenvalue weighted by Gasteiger charge is 2.08. The maximum Gasteiger partial charge on any atom is 0.231 e. The smallest absolute Gasteiger partial charge is 0.231 e. The Kier molecular flexibility index (Phi) is 4.67. The third-order valence-corrected chi connectivity index (χ3v) is 3.28. The predicted molar refractivity (Wildman–Crippen MR) is 82.5 cm³/mol. The summed E-state index contributed by atoms with van der Waals surface area (Å²) in [4.78, 5) is 19.3. The Balaban J connectivity index is 2.13. The van der Waals surface area contributed by atoms with Gasteiger partial charge in [-0.25, -0.2) is 4.98 Å². The van der Waals surface area contributed by atoms with Crippen molar-refractivity contribution in [3.8, 4) is 0 Å². The van der Waals surface area contributed by atoms with E-state index in [1.807, 2.05) is 38.2 Å². The first-order chi connectivity index (χ1) is 9.58. The van der Waals surface area contributed by atoms with Crippen molar-refractivity contribution < 1.29 is 0 Å². The Hall–Kier alpha value is -1.96. The zero-order chi connectivity index (χ0) is 14.5. The SMILES string of the molecule is CCNc1nc(NCc2csc(C)n2)nc(N(C)C)n1. The maximum absolute atomic E-state index is 4.40. The van der Waals surface area contributed by atoms with Crippen molar-refractivity contribution in [3.63, 3.8) is 0 Å². The van der Waals surface area contributed by atoms with E-state index in [4.69, 9.17) is 0 Å². The minimum absolute atomic E-state index is 0.547. The molecule has 0 fully saturated rings. The Morgan fingerprint density at radius 1 is 1.10 bits per heavy atom. The molecule has 0 saturated carbocycles. The minimum atomic E-state index is 0.547. The molecule has 0 spiro atoms. The van der Waals surface area contributed by atoms with Gasteiger partial charge >= 0.3 is 0 Å². The van der Waals surface area contributed by atoms with Gasteiger partial charge in [-0.2, -0.15) is 15.0 Å². The average Bonchev–Trinajstić information content (AvgIpc) is 2.82. The molecule has 2 rings (SSSR count). The Morgan fingerprint density at radius 3 is 2.35 bits per heavy atom. The molecular weight excluding hydrogens is 274 g/mol. The van der Waals surface area contributed by atoms with Crippen molar-refractivity contribution >= 4 is 29.2 Å². The topological polar surface area (TPSA) is 78.9 Å². The van der Waals surface area contributed by atoms with Gasteiger partial charge in [0.25, 0.3) is 0 Å². The lowest BCUT2D eigenvalue weighted by molar-refractivity contribution is 0.929. The summed E-state index contributed by atoms with van der Waals surface area (Å²) in [6.07, 6.45) is 0. The second-order valence-electron chi connectivity index (χ2n) is 4.42. The fourth-order valence-electron chi connectivity index (χ4n) is 1.54. The molecule has 0 amide bonds. The van der Waals surface area contributed by atoms with E-state index in [1.165, 1.54) is 0 Å². The molecule has 0 aliphatic rings. The molecule has 0 radical (unpaired) electrons. The van der Waals surface area contributed by atoms with Gasteiger partial charge in [-0.3, -0.25) is 0 Å². The molecule has 0 bridgehead atoms. The molecule has 0 aliphatic heterocycles. The van der Waals surface area contributed by atoms with Gasteiger partial charge in [0.05, 0.1) is 17.2 Å². The number of aryl methyl sites for hydroxylation is 1. The lowest BCUT2D eigenvalue weighted by atomic mass is 10.5. The van der Waals surface area contributed by atoms with E-state index < -0.39 is 0 Å². The molecule has 8 heteroatoms. The van der Waals surface area contributed by atoms with Crippen LogP contribution in [0, 0.1) is 6.92 Å². The van der Waals surface area contributed by atoms with Gasteiger partial charge < -0.3 is 15.5 Å². The van der Waals surface area contributed by atoms with E-state index in [0.717, 1.165) is 17.2 Å². The Labute approximate surface area is 122 Å². The van der Waals surface area contributed by atoms with Crippen molar-refractivity contribution in [2.24, 2.45) is 0 Å². The van der Waals surface area contributed by atoms with Crippen LogP contribution in [-0.4, -0.2) is 40.6 Å². The largest absolute Gasteiger partial charge is 0.354 e. The summed E-state index contributed by atoms with van der Waals surface area (Å²) in [5, 5.41) is 9.37. The van der Waals surface area contributed by atoms with Crippen molar-refractivity contribution in [3.05, 3.63) is 16.1 Å². The third-order valence-electron chi connectivity index (χ3n) is 2.45. The first-order valence-corrected chi connectivity index (χ1v) is 7.28. The molecule has 108 valence electrons. The maximum atomic E-state index is 4.40. The molecule has 2 aromatic heterocycles. The molecule has 7 nitrogen and oxygen atoms in total. The van der Waals surface area contributed by atoms with Crippen LogP contribution in [0.15, 0.2) is 5.38 Å². The van der Waals surface area contributed by atoms with Crippen molar-refractivity contribution in [2.75, 3.05) is 36.2 Å². The quantitative estimate of drug-likeness (QED) is 0.840. The fourth-order valence-corrected chi connectivity index (χ4v) is 2.15. The number of nitrogens with one attached hydrogen (secondary N) is 2. The van der Waals surface area contributed by atoms with Gasteiger partial charge in [-0.1, -0.05) is 0 Å². The first-order valence-electron chi connectivity index (χ1n) is 6.40. The minimum Gasteiger partial charge on any atom is -0.354 e. The van der Waals surface area contributed by atoms with Gasteiger partial charge in [-0.05, 0) is 13.8 Å². The van der Waals surface area contributed by atoms with Gasteiger partial charge in [0.2, 0.25) is 17.8 Å². The van der Waals surface area contributed by atoms with Crippen LogP contribution in [0.4, 0.5) is 17.8 Å². The molecule has 0 aliphatic carbocycles. The second-order valence-corrected chi connectivity index (χ2v) is 5.48. The van der Waals surface area contributed by atoms with Crippen LogP contribution in [0.1, 0.15) is 17.6 Å². The Morgan fingerprint density at radius 2 is 1.80 bits per heavy atom. The van der Waals surface area contributed by atoms with Crippen LogP contribution in [-0.2, 0) is 6.54 Å². The predicted octanol–water partition coefficient (Wildman–Crippen LogP) is 1.75. The zero-order valence-electron chi connectivity index (χ0n) is 12.1. The first kappa shape index (κ1) is 14.4. The molecule has 2 aromatic rings. The lowest BCUT2D eigenvalue weighted by Crippen LogP contribution is -2.17. The summed E-state index contributed by atoms with van der Waals surface area (Å²) in [6.45, 7) is 5.36. The standard InChI is InChI=1S/C12H19N7S/c1-5-13-10-16-11(18-12(17-10)19(3)4)14-6-9-7-20-8(2)15-9/h7H,5-6H2,1-4H3,(H2,13,14,16,17,18). The number of rotatable bonds is 6. The van der Waals surface area contributed by atoms with Crippen LogP contribution in [0.5, 0.6) is 0 Å². The van der Waals surface area contributed by atoms with Gasteiger partial charge in [0, 0.05) is 26.0 Å². The van der Waals surface area contributed by atoms with Crippen molar-refractivity contribution in [1.29, 1.82) is 0 Å². The van der Waals surface area contributed by atoms with Crippen LogP contribution in [0.2, 0.25) is 0 Å². The van der Waals surface area contributed by atoms with E-state index in [2.05, 4.69) is 30.6 Å². The number of hydrogen-bond donors (Lipinski definition) is 2. The van der Waals surface area contributed by atoms with E-state index in [0.29, 0.717) is 24.4 Å². The molecule has 20 heavy (non-hydrogen) atoms. The normalized spacial score (nSPS) is 10.4. The fraction of sp³-hybridized carbons (Fsp3) is 0.500. The average molecular weight is 293 g/mol. The van der Waals surface area contributed by atoms with E-state index >= 15 is 0 Å². The highest BCUT2D eigenvalue weighted by Crippen LogP contribution is 2.13. The van der Waals surface area contributed by atoms with Crippen molar-refractivity contribution in [2.45, 2.75) is 20.4 Å². The number of anilines is 3. The van der Waals surface area contributed by atoms with Crippen LogP contribution >= 0.6 is 11.3 Å². The highest BCUT2D eigenvalue weighted by molar-refractivity contribution is 7.09. The van der Waals surface area contributed by atoms with Crippen molar-refractivity contribution in [1.82, 2.24) is 19.9 Å². The second kappa shape index (κ2) is 6.47. The molecule has 0 unspecified atom stereocenters. The van der Waals surface area contributed by atoms with Crippen LogP contribution in [0.25, 0.3) is 0 Å². The summed E-state index contributed by atoms with van der Waals surface area (Å²) in [5.74, 6) is 1.74.